The standard InChI is InChI=1S/C21H25N3O3S.CH4O3S/c1-4-27-19-8-14-15-7-13(25)5-6-17(15)24-20(16(14)9-18(19)26-2)12-10-22-21(28-3)23-11-12;1-5(2,3)4/h8-11,13,15,17,25H,4-7H2,1-3H3;1H3,(H,2,3,4)/t13-,15-,17-;/m1./s1. The molecular weight excluding hydrogens is 466 g/mol. The summed E-state index contributed by atoms with van der Waals surface area (Å²) in [6, 6.07) is 4.21. The summed E-state index contributed by atoms with van der Waals surface area (Å²) in [6.07, 6.45) is 8.43. The Hall–Kier alpha value is -2.21. The first-order chi connectivity index (χ1) is 15.6. The number of methoxy groups -OCH3 is 1. The van der Waals surface area contributed by atoms with Crippen LogP contribution in [0.3, 0.4) is 0 Å². The second kappa shape index (κ2) is 10.8. The van der Waals surface area contributed by atoms with Crippen LogP contribution in [0.2, 0.25) is 0 Å². The SMILES string of the molecule is CCOc1cc2c(cc1OC)C(c1cnc(SC)nc1)=N[C@@H]1CC[C@@H](O)C[C@H]21.CS(=O)(=O)O. The van der Waals surface area contributed by atoms with Crippen LogP contribution in [-0.2, 0) is 10.1 Å². The van der Waals surface area contributed by atoms with Gasteiger partial charge in [-0.25, -0.2) is 9.97 Å². The molecule has 0 radical (unpaired) electrons. The molecule has 0 bridgehead atoms. The fourth-order valence-corrected chi connectivity index (χ4v) is 4.46. The van der Waals surface area contributed by atoms with Gasteiger partial charge in [0.2, 0.25) is 0 Å². The molecule has 11 heteroatoms. The van der Waals surface area contributed by atoms with E-state index in [1.54, 1.807) is 7.11 Å². The molecule has 33 heavy (non-hydrogen) atoms. The lowest BCUT2D eigenvalue weighted by Crippen LogP contribution is -2.34. The van der Waals surface area contributed by atoms with E-state index in [1.807, 2.05) is 31.6 Å². The quantitative estimate of drug-likeness (QED) is 0.365. The predicted octanol–water partition coefficient (Wildman–Crippen LogP) is 2.96. The van der Waals surface area contributed by atoms with Crippen molar-refractivity contribution in [2.75, 3.05) is 26.2 Å². The van der Waals surface area contributed by atoms with Crippen molar-refractivity contribution in [2.45, 2.75) is 49.4 Å². The molecule has 180 valence electrons. The number of fused-ring (bicyclic) bond motifs is 3. The first-order valence-electron chi connectivity index (χ1n) is 10.5. The molecule has 0 spiro atoms. The van der Waals surface area contributed by atoms with Gasteiger partial charge >= 0.3 is 0 Å². The lowest BCUT2D eigenvalue weighted by molar-refractivity contribution is 0.111. The molecule has 9 nitrogen and oxygen atoms in total. The number of rotatable bonds is 5. The first-order valence-corrected chi connectivity index (χ1v) is 13.6. The number of nitrogens with zero attached hydrogens (tertiary/aromatic N) is 3. The molecule has 2 N–H and O–H groups in total. The minimum absolute atomic E-state index is 0.147. The van der Waals surface area contributed by atoms with E-state index in [4.69, 9.17) is 19.0 Å². The van der Waals surface area contributed by atoms with Crippen LogP contribution in [0.15, 0.2) is 34.7 Å². The number of aliphatic imine (C=N–C) groups is 1. The summed E-state index contributed by atoms with van der Waals surface area (Å²) in [5, 5.41) is 11.0. The number of hydrogen-bond acceptors (Lipinski definition) is 9. The highest BCUT2D eigenvalue weighted by molar-refractivity contribution is 7.98. The van der Waals surface area contributed by atoms with Gasteiger partial charge in [0.05, 0.1) is 37.8 Å². The second-order valence-electron chi connectivity index (χ2n) is 7.83. The number of ether oxygens (including phenoxy) is 2. The number of aliphatic hydroxyl groups excluding tert-OH is 1. The summed E-state index contributed by atoms with van der Waals surface area (Å²) in [6.45, 7) is 2.53. The van der Waals surface area contributed by atoms with Crippen LogP contribution < -0.4 is 9.47 Å². The fourth-order valence-electron chi connectivity index (χ4n) is 4.15. The van der Waals surface area contributed by atoms with Crippen LogP contribution in [0.4, 0.5) is 0 Å². The zero-order valence-electron chi connectivity index (χ0n) is 19.1. The molecule has 2 aromatic rings. The normalized spacial score (nSPS) is 21.6. The maximum absolute atomic E-state index is 10.3. The summed E-state index contributed by atoms with van der Waals surface area (Å²) < 4.78 is 37.3. The van der Waals surface area contributed by atoms with Gasteiger partial charge in [0.25, 0.3) is 10.1 Å². The topological polar surface area (TPSA) is 131 Å². The lowest BCUT2D eigenvalue weighted by atomic mass is 9.74. The van der Waals surface area contributed by atoms with Gasteiger partial charge in [0, 0.05) is 29.4 Å². The summed E-state index contributed by atoms with van der Waals surface area (Å²) >= 11 is 1.52. The highest BCUT2D eigenvalue weighted by Gasteiger charge is 2.37. The van der Waals surface area contributed by atoms with Crippen LogP contribution in [0, 0.1) is 0 Å². The molecule has 0 amide bonds. The molecule has 1 fully saturated rings. The Morgan fingerprint density at radius 3 is 2.42 bits per heavy atom. The van der Waals surface area contributed by atoms with Crippen molar-refractivity contribution >= 4 is 27.6 Å². The molecule has 0 unspecified atom stereocenters. The molecule has 1 aromatic heterocycles. The van der Waals surface area contributed by atoms with Crippen molar-refractivity contribution in [3.63, 3.8) is 0 Å². The van der Waals surface area contributed by atoms with Crippen LogP contribution in [0.1, 0.15) is 48.8 Å². The maximum Gasteiger partial charge on any atom is 0.261 e. The Morgan fingerprint density at radius 1 is 1.18 bits per heavy atom. The van der Waals surface area contributed by atoms with Gasteiger partial charge < -0.3 is 14.6 Å². The Morgan fingerprint density at radius 2 is 1.85 bits per heavy atom. The summed E-state index contributed by atoms with van der Waals surface area (Å²) in [5.74, 6) is 1.60. The molecule has 2 aliphatic rings. The van der Waals surface area contributed by atoms with E-state index in [2.05, 4.69) is 16.0 Å². The Bertz CT molecular complexity index is 1100. The molecule has 0 saturated heterocycles. The summed E-state index contributed by atoms with van der Waals surface area (Å²) in [5.41, 5.74) is 3.96. The van der Waals surface area contributed by atoms with Gasteiger partial charge in [0.15, 0.2) is 16.7 Å². The van der Waals surface area contributed by atoms with E-state index in [9.17, 15) is 13.5 Å². The van der Waals surface area contributed by atoms with Gasteiger partial charge in [-0.3, -0.25) is 9.55 Å². The Labute approximate surface area is 198 Å². The fraction of sp³-hybridized carbons (Fsp3) is 0.500. The zero-order chi connectivity index (χ0) is 24.2. The van der Waals surface area contributed by atoms with E-state index in [0.717, 1.165) is 46.1 Å². The highest BCUT2D eigenvalue weighted by atomic mass is 32.2. The van der Waals surface area contributed by atoms with Crippen molar-refractivity contribution in [3.05, 3.63) is 41.2 Å². The average molecular weight is 496 g/mol. The molecule has 1 aromatic carbocycles. The number of benzene rings is 1. The van der Waals surface area contributed by atoms with Crippen molar-refractivity contribution in [3.8, 4) is 11.5 Å². The van der Waals surface area contributed by atoms with Gasteiger partial charge in [-0.1, -0.05) is 11.8 Å². The average Bonchev–Trinajstić information content (AvgIpc) is 2.77. The van der Waals surface area contributed by atoms with Crippen LogP contribution in [0.25, 0.3) is 0 Å². The predicted molar refractivity (Wildman–Crippen MR) is 127 cm³/mol. The molecule has 1 aliphatic heterocycles. The Balaban J connectivity index is 0.000000555. The second-order valence-corrected chi connectivity index (χ2v) is 10.1. The number of aromatic nitrogens is 2. The Kier molecular flexibility index (Phi) is 8.33. The van der Waals surface area contributed by atoms with E-state index < -0.39 is 10.1 Å². The minimum atomic E-state index is -3.67. The molecule has 3 atom stereocenters. The minimum Gasteiger partial charge on any atom is -0.493 e. The maximum atomic E-state index is 10.3. The van der Waals surface area contributed by atoms with Crippen molar-refractivity contribution in [2.24, 2.45) is 4.99 Å². The third-order valence-corrected chi connectivity index (χ3v) is 6.03. The number of thioether (sulfide) groups is 1. The largest absolute Gasteiger partial charge is 0.493 e. The van der Waals surface area contributed by atoms with Gasteiger partial charge in [-0.2, -0.15) is 8.42 Å². The monoisotopic (exact) mass is 495 g/mol. The van der Waals surface area contributed by atoms with E-state index >= 15 is 0 Å². The lowest BCUT2D eigenvalue weighted by Gasteiger charge is -2.37. The van der Waals surface area contributed by atoms with Crippen LogP contribution >= 0.6 is 11.8 Å². The summed E-state index contributed by atoms with van der Waals surface area (Å²) in [7, 11) is -2.02. The first kappa shape index (κ1) is 25.4. The summed E-state index contributed by atoms with van der Waals surface area (Å²) in [4.78, 5) is 13.9. The number of hydrogen-bond donors (Lipinski definition) is 2. The van der Waals surface area contributed by atoms with Gasteiger partial charge in [-0.15, -0.1) is 0 Å². The molecular formula is C22H29N3O6S2. The van der Waals surface area contributed by atoms with Crippen LogP contribution in [-0.4, -0.2) is 72.1 Å². The molecule has 1 aliphatic carbocycles. The zero-order valence-corrected chi connectivity index (χ0v) is 20.7. The highest BCUT2D eigenvalue weighted by Crippen LogP contribution is 2.44. The van der Waals surface area contributed by atoms with E-state index in [0.29, 0.717) is 25.0 Å². The van der Waals surface area contributed by atoms with E-state index in [-0.39, 0.29) is 18.1 Å². The number of aliphatic hydroxyl groups is 1. The van der Waals surface area contributed by atoms with Crippen molar-refractivity contribution in [1.82, 2.24) is 9.97 Å². The molecule has 4 rings (SSSR count). The molecule has 2 heterocycles. The third kappa shape index (κ3) is 6.44. The molecule has 1 saturated carbocycles. The third-order valence-electron chi connectivity index (χ3n) is 5.46. The van der Waals surface area contributed by atoms with Gasteiger partial charge in [0.1, 0.15) is 0 Å². The van der Waals surface area contributed by atoms with Crippen molar-refractivity contribution in [1.29, 1.82) is 0 Å². The van der Waals surface area contributed by atoms with Gasteiger partial charge in [-0.05, 0) is 50.1 Å². The van der Waals surface area contributed by atoms with Crippen molar-refractivity contribution < 1.29 is 27.6 Å². The smallest absolute Gasteiger partial charge is 0.261 e. The van der Waals surface area contributed by atoms with Crippen LogP contribution in [0.5, 0.6) is 11.5 Å². The van der Waals surface area contributed by atoms with E-state index in [1.165, 1.54) is 11.8 Å².